The molecule has 0 spiro atoms. The van der Waals surface area contributed by atoms with Crippen LogP contribution in [0.2, 0.25) is 0 Å². The van der Waals surface area contributed by atoms with Crippen LogP contribution in [0.1, 0.15) is 65.2 Å². The largest absolute Gasteiger partial charge is 0.317 e. The smallest absolute Gasteiger partial charge is 0.132 e. The normalized spacial score (nSPS) is 10.5. The average Bonchev–Trinajstić information content (AvgIpc) is 2.25. The fraction of sp³-hybridized carbons (Fsp3) is 0.923. The Morgan fingerprint density at radius 1 is 0.867 bits per heavy atom. The van der Waals surface area contributed by atoms with Gasteiger partial charge in [-0.1, -0.05) is 33.1 Å². The molecule has 0 saturated heterocycles. The van der Waals surface area contributed by atoms with Crippen molar-refractivity contribution in [3.05, 3.63) is 0 Å². The first-order valence-corrected chi connectivity index (χ1v) is 6.53. The maximum atomic E-state index is 11.3. The van der Waals surface area contributed by atoms with Gasteiger partial charge in [0.15, 0.2) is 0 Å². The maximum absolute atomic E-state index is 11.3. The van der Waals surface area contributed by atoms with E-state index in [9.17, 15) is 4.79 Å². The van der Waals surface area contributed by atoms with Crippen molar-refractivity contribution in [2.75, 3.05) is 13.1 Å². The number of unbranched alkanes of at least 4 members (excludes halogenated alkanes) is 3. The lowest BCUT2D eigenvalue weighted by atomic mass is 10.1. The van der Waals surface area contributed by atoms with Gasteiger partial charge in [-0.2, -0.15) is 0 Å². The Balaban J connectivity index is 3.06. The Hall–Kier alpha value is -0.370. The van der Waals surface area contributed by atoms with E-state index in [2.05, 4.69) is 19.2 Å². The third-order valence-corrected chi connectivity index (χ3v) is 2.58. The van der Waals surface area contributed by atoms with Crippen LogP contribution in [0.15, 0.2) is 0 Å². The molecule has 0 aromatic rings. The van der Waals surface area contributed by atoms with E-state index in [4.69, 9.17) is 0 Å². The third-order valence-electron chi connectivity index (χ3n) is 2.58. The fourth-order valence-corrected chi connectivity index (χ4v) is 1.53. The van der Waals surface area contributed by atoms with Crippen LogP contribution in [-0.4, -0.2) is 18.9 Å². The summed E-state index contributed by atoms with van der Waals surface area (Å²) in [5, 5.41) is 3.38. The second-order valence-corrected chi connectivity index (χ2v) is 4.20. The van der Waals surface area contributed by atoms with Gasteiger partial charge in [0.05, 0.1) is 0 Å². The highest BCUT2D eigenvalue weighted by molar-refractivity contribution is 5.78. The van der Waals surface area contributed by atoms with Gasteiger partial charge in [0.25, 0.3) is 0 Å². The quantitative estimate of drug-likeness (QED) is 0.533. The summed E-state index contributed by atoms with van der Waals surface area (Å²) in [6, 6.07) is 0. The summed E-state index contributed by atoms with van der Waals surface area (Å²) in [6.45, 7) is 6.45. The number of carbonyl (C=O) groups is 1. The van der Waals surface area contributed by atoms with Crippen molar-refractivity contribution in [3.8, 4) is 0 Å². The highest BCUT2D eigenvalue weighted by Crippen LogP contribution is 2.00. The van der Waals surface area contributed by atoms with Gasteiger partial charge in [0.1, 0.15) is 5.78 Å². The van der Waals surface area contributed by atoms with E-state index in [1.165, 1.54) is 19.3 Å². The fourth-order valence-electron chi connectivity index (χ4n) is 1.53. The minimum atomic E-state index is 0.437. The van der Waals surface area contributed by atoms with Gasteiger partial charge < -0.3 is 5.32 Å². The number of carbonyl (C=O) groups excluding carboxylic acids is 1. The summed E-state index contributed by atoms with van der Waals surface area (Å²) in [4.78, 5) is 11.3. The predicted octanol–water partition coefficient (Wildman–Crippen LogP) is 3.31. The lowest BCUT2D eigenvalue weighted by Gasteiger charge is -2.03. The molecular formula is C13H27NO. The second kappa shape index (κ2) is 11.7. The number of nitrogens with one attached hydrogen (secondary N) is 1. The summed E-state index contributed by atoms with van der Waals surface area (Å²) in [5.74, 6) is 0.437. The minimum Gasteiger partial charge on any atom is -0.317 e. The van der Waals surface area contributed by atoms with Crippen LogP contribution in [0, 0.1) is 0 Å². The highest BCUT2D eigenvalue weighted by Gasteiger charge is 1.99. The van der Waals surface area contributed by atoms with Crippen LogP contribution in [0.25, 0.3) is 0 Å². The van der Waals surface area contributed by atoms with Gasteiger partial charge in [-0.25, -0.2) is 0 Å². The average molecular weight is 213 g/mol. The zero-order chi connectivity index (χ0) is 11.4. The van der Waals surface area contributed by atoms with Crippen molar-refractivity contribution < 1.29 is 4.79 Å². The van der Waals surface area contributed by atoms with Gasteiger partial charge in [0.2, 0.25) is 0 Å². The molecule has 0 aromatic heterocycles. The second-order valence-electron chi connectivity index (χ2n) is 4.20. The van der Waals surface area contributed by atoms with Gasteiger partial charge >= 0.3 is 0 Å². The SMILES string of the molecule is CCCCCNCCCC(=O)CCCC. The van der Waals surface area contributed by atoms with Gasteiger partial charge in [-0.3, -0.25) is 4.79 Å². The van der Waals surface area contributed by atoms with E-state index in [1.807, 2.05) is 0 Å². The molecule has 0 radical (unpaired) electrons. The van der Waals surface area contributed by atoms with Crippen LogP contribution in [0.5, 0.6) is 0 Å². The first-order valence-electron chi connectivity index (χ1n) is 6.53. The molecule has 0 unspecified atom stereocenters. The van der Waals surface area contributed by atoms with Crippen LogP contribution in [-0.2, 0) is 4.79 Å². The van der Waals surface area contributed by atoms with Gasteiger partial charge in [-0.15, -0.1) is 0 Å². The van der Waals surface area contributed by atoms with Gasteiger partial charge in [0, 0.05) is 12.8 Å². The molecule has 0 atom stereocenters. The highest BCUT2D eigenvalue weighted by atomic mass is 16.1. The standard InChI is InChI=1S/C13H27NO/c1-3-5-7-11-14-12-8-10-13(15)9-6-4-2/h14H,3-12H2,1-2H3. The summed E-state index contributed by atoms with van der Waals surface area (Å²) in [7, 11) is 0. The van der Waals surface area contributed by atoms with E-state index >= 15 is 0 Å². The summed E-state index contributed by atoms with van der Waals surface area (Å²) in [5.41, 5.74) is 0. The predicted molar refractivity (Wildman–Crippen MR) is 66.2 cm³/mol. The molecule has 0 aliphatic carbocycles. The zero-order valence-electron chi connectivity index (χ0n) is 10.5. The molecule has 1 N–H and O–H groups in total. The first-order chi connectivity index (χ1) is 7.31. The lowest BCUT2D eigenvalue weighted by Crippen LogP contribution is -2.17. The molecule has 2 heteroatoms. The van der Waals surface area contributed by atoms with Crippen molar-refractivity contribution in [1.29, 1.82) is 0 Å². The van der Waals surface area contributed by atoms with Crippen LogP contribution >= 0.6 is 0 Å². The Bertz CT molecular complexity index is 145. The van der Waals surface area contributed by atoms with Crippen LogP contribution in [0.3, 0.4) is 0 Å². The summed E-state index contributed by atoms with van der Waals surface area (Å²) >= 11 is 0. The first kappa shape index (κ1) is 14.6. The van der Waals surface area contributed by atoms with E-state index < -0.39 is 0 Å². The van der Waals surface area contributed by atoms with Gasteiger partial charge in [-0.05, 0) is 32.4 Å². The molecule has 0 amide bonds. The number of rotatable bonds is 11. The Morgan fingerprint density at radius 3 is 2.13 bits per heavy atom. The molecule has 90 valence electrons. The molecule has 0 aliphatic heterocycles. The number of hydrogen-bond donors (Lipinski definition) is 1. The Kier molecular flexibility index (Phi) is 11.4. The summed E-state index contributed by atoms with van der Waals surface area (Å²) in [6.07, 6.45) is 8.59. The van der Waals surface area contributed by atoms with Crippen molar-refractivity contribution in [2.24, 2.45) is 0 Å². The molecule has 0 fully saturated rings. The van der Waals surface area contributed by atoms with Crippen molar-refractivity contribution in [2.45, 2.75) is 65.2 Å². The van der Waals surface area contributed by atoms with Crippen molar-refractivity contribution in [3.63, 3.8) is 0 Å². The van der Waals surface area contributed by atoms with E-state index in [0.29, 0.717) is 5.78 Å². The molecular weight excluding hydrogens is 186 g/mol. The summed E-state index contributed by atoms with van der Waals surface area (Å²) < 4.78 is 0. The number of ketones is 1. The van der Waals surface area contributed by atoms with E-state index in [-0.39, 0.29) is 0 Å². The topological polar surface area (TPSA) is 29.1 Å². The minimum absolute atomic E-state index is 0.437. The molecule has 0 saturated carbocycles. The molecule has 0 aromatic carbocycles. The molecule has 2 nitrogen and oxygen atoms in total. The lowest BCUT2D eigenvalue weighted by molar-refractivity contribution is -0.119. The molecule has 0 bridgehead atoms. The molecule has 0 rings (SSSR count). The molecule has 0 aliphatic rings. The molecule has 0 heterocycles. The zero-order valence-corrected chi connectivity index (χ0v) is 10.5. The van der Waals surface area contributed by atoms with Crippen LogP contribution in [0.4, 0.5) is 0 Å². The van der Waals surface area contributed by atoms with E-state index in [0.717, 1.165) is 45.2 Å². The number of Topliss-reactive ketones (excluding diaryl/α,β-unsaturated/α-hetero) is 1. The van der Waals surface area contributed by atoms with Crippen molar-refractivity contribution >= 4 is 5.78 Å². The van der Waals surface area contributed by atoms with E-state index in [1.54, 1.807) is 0 Å². The molecule has 15 heavy (non-hydrogen) atoms. The number of hydrogen-bond acceptors (Lipinski definition) is 2. The Labute approximate surface area is 94.8 Å². The van der Waals surface area contributed by atoms with Crippen molar-refractivity contribution in [1.82, 2.24) is 5.32 Å². The maximum Gasteiger partial charge on any atom is 0.132 e. The van der Waals surface area contributed by atoms with Crippen LogP contribution < -0.4 is 5.32 Å². The third kappa shape index (κ3) is 11.6. The monoisotopic (exact) mass is 213 g/mol. The Morgan fingerprint density at radius 2 is 1.47 bits per heavy atom.